The summed E-state index contributed by atoms with van der Waals surface area (Å²) < 4.78 is 24.2. The predicted octanol–water partition coefficient (Wildman–Crippen LogP) is 9.30. The Bertz CT molecular complexity index is 1950. The molecule has 0 bridgehead atoms. The molecule has 0 unspecified atom stereocenters. The molecule has 3 aliphatic heterocycles. The highest BCUT2D eigenvalue weighted by atomic mass is 31.2. The minimum atomic E-state index is -4.02. The summed E-state index contributed by atoms with van der Waals surface area (Å²) in [6.07, 6.45) is 3.96. The van der Waals surface area contributed by atoms with Crippen LogP contribution in [0.15, 0.2) is 182 Å². The van der Waals surface area contributed by atoms with Crippen LogP contribution in [0.25, 0.3) is 0 Å². The molecule has 0 amide bonds. The second-order valence-corrected chi connectivity index (χ2v) is 19.0. The summed E-state index contributed by atoms with van der Waals surface area (Å²) in [5.41, 5.74) is -0.152. The Morgan fingerprint density at radius 3 is 0.729 bits per heavy atom. The lowest BCUT2D eigenvalue weighted by molar-refractivity contribution is -0.00943. The van der Waals surface area contributed by atoms with Gasteiger partial charge in [-0.25, -0.2) is 14.0 Å². The van der Waals surface area contributed by atoms with E-state index in [0.717, 1.165) is 52.6 Å². The first-order valence-corrected chi connectivity index (χ1v) is 22.8. The minimum absolute atomic E-state index is 0.473. The molecule has 302 valence electrons. The van der Waals surface area contributed by atoms with Gasteiger partial charge in [-0.2, -0.15) is 0 Å². The molecule has 0 aliphatic carbocycles. The SMILES string of the molecule is O=P(N1CCC[C@@H]1C(O)(c1ccccc1)c1ccccc1)(N1CCC[C@@H]1C(O)(c1ccccc1)c1ccccc1)N1CCC[C@@H]1C(O)(c1ccccc1)c1ccccc1. The third-order valence-corrected chi connectivity index (χ3v) is 16.9. The third kappa shape index (κ3) is 6.65. The summed E-state index contributed by atoms with van der Waals surface area (Å²) in [4.78, 5) is 0. The Morgan fingerprint density at radius 1 is 0.356 bits per heavy atom. The van der Waals surface area contributed by atoms with E-state index in [1.54, 1.807) is 0 Å². The number of aliphatic hydroxyl groups is 3. The van der Waals surface area contributed by atoms with Crippen LogP contribution in [0.5, 0.6) is 0 Å². The van der Waals surface area contributed by atoms with Gasteiger partial charge in [-0.05, 0) is 71.9 Å². The number of benzene rings is 6. The predicted molar refractivity (Wildman–Crippen MR) is 234 cm³/mol. The van der Waals surface area contributed by atoms with Crippen LogP contribution < -0.4 is 0 Å². The first kappa shape index (κ1) is 39.8. The highest BCUT2D eigenvalue weighted by molar-refractivity contribution is 7.56. The van der Waals surface area contributed by atoms with Crippen molar-refractivity contribution in [1.29, 1.82) is 0 Å². The quantitative estimate of drug-likeness (QED) is 0.106. The fraction of sp³-hybridized carbons (Fsp3) is 0.294. The van der Waals surface area contributed by atoms with E-state index >= 15 is 4.57 Å². The first-order valence-electron chi connectivity index (χ1n) is 21.2. The lowest BCUT2D eigenvalue weighted by Gasteiger charge is -2.53. The van der Waals surface area contributed by atoms with Crippen molar-refractivity contribution in [1.82, 2.24) is 14.0 Å². The number of nitrogens with zero attached hydrogens (tertiary/aromatic N) is 3. The Hall–Kier alpha value is -4.69. The molecule has 3 saturated heterocycles. The maximum absolute atomic E-state index is 17.8. The highest BCUT2D eigenvalue weighted by Crippen LogP contribution is 2.68. The molecular weight excluding hydrogens is 750 g/mol. The molecule has 3 atom stereocenters. The topological polar surface area (TPSA) is 87.5 Å². The normalized spacial score (nSPS) is 21.2. The molecule has 3 fully saturated rings. The van der Waals surface area contributed by atoms with E-state index in [-0.39, 0.29) is 0 Å². The molecule has 6 aromatic carbocycles. The average Bonchev–Trinajstić information content (AvgIpc) is 4.13. The van der Waals surface area contributed by atoms with Crippen molar-refractivity contribution < 1.29 is 19.9 Å². The van der Waals surface area contributed by atoms with Crippen LogP contribution in [0.1, 0.15) is 71.9 Å². The zero-order valence-electron chi connectivity index (χ0n) is 33.5. The van der Waals surface area contributed by atoms with Gasteiger partial charge >= 0.3 is 0 Å². The highest BCUT2D eigenvalue weighted by Gasteiger charge is 2.63. The van der Waals surface area contributed by atoms with Crippen LogP contribution >= 0.6 is 7.59 Å². The van der Waals surface area contributed by atoms with Crippen LogP contribution in [0.2, 0.25) is 0 Å². The van der Waals surface area contributed by atoms with Crippen LogP contribution in [0, 0.1) is 0 Å². The molecule has 9 rings (SSSR count). The van der Waals surface area contributed by atoms with E-state index in [1.807, 2.05) is 182 Å². The van der Waals surface area contributed by atoms with E-state index in [4.69, 9.17) is 0 Å². The van der Waals surface area contributed by atoms with Gasteiger partial charge in [0.1, 0.15) is 16.8 Å². The summed E-state index contributed by atoms with van der Waals surface area (Å²) in [7, 11) is -4.02. The van der Waals surface area contributed by atoms with Gasteiger partial charge in [0, 0.05) is 19.6 Å². The van der Waals surface area contributed by atoms with Crippen molar-refractivity contribution in [2.75, 3.05) is 19.6 Å². The van der Waals surface area contributed by atoms with Crippen molar-refractivity contribution in [3.8, 4) is 0 Å². The Kier molecular flexibility index (Phi) is 11.1. The standard InChI is InChI=1S/C51H54N3O4P/c55-49(40-22-7-1-8-23-40,41-24-9-2-10-25-41)46-34-19-37-52(46)59(58,53-38-20-35-47(53)50(56,42-26-11-3-12-27-42)43-28-13-4-14-29-43)54-39-21-36-48(54)51(57,44-30-15-5-16-31-44)45-32-17-6-18-33-45/h1-18,22-33,46-48,55-57H,19-21,34-39H2/t46-,47-,48-/m1/s1. The number of hydrogen-bond donors (Lipinski definition) is 3. The van der Waals surface area contributed by atoms with Gasteiger partial charge in [0.2, 0.25) is 0 Å². The molecule has 0 aromatic heterocycles. The van der Waals surface area contributed by atoms with Crippen LogP contribution in [0.3, 0.4) is 0 Å². The Morgan fingerprint density at radius 2 is 0.542 bits per heavy atom. The van der Waals surface area contributed by atoms with Gasteiger partial charge in [-0.1, -0.05) is 182 Å². The second-order valence-electron chi connectivity index (χ2n) is 16.5. The van der Waals surface area contributed by atoms with Crippen LogP contribution in [-0.2, 0) is 21.4 Å². The zero-order chi connectivity index (χ0) is 40.5. The second kappa shape index (κ2) is 16.4. The molecule has 0 saturated carbocycles. The molecular formula is C51H54N3O4P. The van der Waals surface area contributed by atoms with Gasteiger partial charge in [-0.3, -0.25) is 4.57 Å². The van der Waals surface area contributed by atoms with Crippen molar-refractivity contribution in [3.63, 3.8) is 0 Å². The first-order chi connectivity index (χ1) is 28.8. The van der Waals surface area contributed by atoms with Gasteiger partial charge in [0.05, 0.1) is 18.1 Å². The fourth-order valence-corrected chi connectivity index (χ4v) is 14.7. The minimum Gasteiger partial charge on any atom is -0.379 e. The summed E-state index contributed by atoms with van der Waals surface area (Å²) in [6, 6.07) is 57.0. The van der Waals surface area contributed by atoms with E-state index in [1.165, 1.54) is 0 Å². The number of hydrogen-bond acceptors (Lipinski definition) is 4. The van der Waals surface area contributed by atoms with Gasteiger partial charge in [0.15, 0.2) is 0 Å². The largest absolute Gasteiger partial charge is 0.379 e. The zero-order valence-corrected chi connectivity index (χ0v) is 34.3. The molecule has 3 heterocycles. The molecule has 3 N–H and O–H groups in total. The maximum atomic E-state index is 17.8. The smallest absolute Gasteiger partial charge is 0.288 e. The molecule has 0 radical (unpaired) electrons. The fourth-order valence-electron chi connectivity index (χ4n) is 10.7. The summed E-state index contributed by atoms with van der Waals surface area (Å²) in [6.45, 7) is 1.42. The van der Waals surface area contributed by atoms with E-state index in [0.29, 0.717) is 38.9 Å². The maximum Gasteiger partial charge on any atom is 0.288 e. The molecule has 59 heavy (non-hydrogen) atoms. The molecule has 3 aliphatic rings. The molecule has 8 heteroatoms. The average molecular weight is 804 g/mol. The molecule has 0 spiro atoms. The third-order valence-electron chi connectivity index (χ3n) is 13.4. The molecule has 6 aromatic rings. The number of rotatable bonds is 12. The van der Waals surface area contributed by atoms with Gasteiger partial charge in [0.25, 0.3) is 7.59 Å². The van der Waals surface area contributed by atoms with Crippen LogP contribution in [-0.4, -0.2) is 67.1 Å². The van der Waals surface area contributed by atoms with E-state index in [2.05, 4.69) is 14.0 Å². The van der Waals surface area contributed by atoms with Crippen molar-refractivity contribution >= 4 is 7.59 Å². The molecule has 7 nitrogen and oxygen atoms in total. The van der Waals surface area contributed by atoms with E-state index < -0.39 is 42.5 Å². The monoisotopic (exact) mass is 803 g/mol. The Labute approximate surface area is 348 Å². The Balaban J connectivity index is 1.28. The summed E-state index contributed by atoms with van der Waals surface area (Å²) in [5.74, 6) is 0. The summed E-state index contributed by atoms with van der Waals surface area (Å²) in [5, 5.41) is 40.6. The van der Waals surface area contributed by atoms with Crippen molar-refractivity contribution in [2.24, 2.45) is 0 Å². The van der Waals surface area contributed by atoms with Crippen molar-refractivity contribution in [3.05, 3.63) is 215 Å². The van der Waals surface area contributed by atoms with E-state index in [9.17, 15) is 15.3 Å². The lowest BCUT2D eigenvalue weighted by Crippen LogP contribution is -2.57. The lowest BCUT2D eigenvalue weighted by atomic mass is 9.79. The van der Waals surface area contributed by atoms with Crippen LogP contribution in [0.4, 0.5) is 0 Å². The van der Waals surface area contributed by atoms with Crippen molar-refractivity contribution in [2.45, 2.75) is 73.5 Å². The van der Waals surface area contributed by atoms with Gasteiger partial charge in [-0.15, -0.1) is 0 Å². The summed E-state index contributed by atoms with van der Waals surface area (Å²) >= 11 is 0. The van der Waals surface area contributed by atoms with Gasteiger partial charge < -0.3 is 15.3 Å².